The number of nitrogens with zero attached hydrogens (tertiary/aromatic N) is 4. The molecule has 0 spiro atoms. The number of anilines is 2. The lowest BCUT2D eigenvalue weighted by atomic mass is 10.2. The largest absolute Gasteiger partial charge is 0.343 e. The Balaban J connectivity index is 1.45. The number of hydrogen-bond donors (Lipinski definition) is 1. The van der Waals surface area contributed by atoms with Gasteiger partial charge < -0.3 is 15.1 Å². The molecule has 2 aromatic rings. The predicted molar refractivity (Wildman–Crippen MR) is 109 cm³/mol. The number of thioether (sulfide) groups is 1. The molecule has 3 rings (SSSR count). The summed E-state index contributed by atoms with van der Waals surface area (Å²) >= 11 is 2.88. The molecule has 144 valence electrons. The van der Waals surface area contributed by atoms with Gasteiger partial charge in [-0.25, -0.2) is 0 Å². The first kappa shape index (κ1) is 19.6. The molecule has 0 atom stereocenters. The van der Waals surface area contributed by atoms with E-state index in [1.54, 1.807) is 0 Å². The Hall–Kier alpha value is -2.13. The highest BCUT2D eigenvalue weighted by Crippen LogP contribution is 2.28. The molecule has 0 saturated carbocycles. The standard InChI is InChI=1S/C18H23N5O2S2/c1-2-6-16(25)22-9-11-23(12-10-22)17-20-21-18(27-17)26-13-15(24)19-14-7-4-3-5-8-14/h3-5,7-8H,2,6,9-13H2,1H3,(H,19,24). The molecule has 27 heavy (non-hydrogen) atoms. The van der Waals surface area contributed by atoms with Gasteiger partial charge in [-0.05, 0) is 18.6 Å². The highest BCUT2D eigenvalue weighted by molar-refractivity contribution is 8.01. The van der Waals surface area contributed by atoms with Gasteiger partial charge in [-0.1, -0.05) is 48.2 Å². The van der Waals surface area contributed by atoms with Crippen LogP contribution in [0.3, 0.4) is 0 Å². The number of para-hydroxylation sites is 1. The fourth-order valence-electron chi connectivity index (χ4n) is 2.75. The Morgan fingerprint density at radius 2 is 1.89 bits per heavy atom. The molecule has 9 heteroatoms. The lowest BCUT2D eigenvalue weighted by Crippen LogP contribution is -2.48. The SMILES string of the molecule is CCCC(=O)N1CCN(c2nnc(SCC(=O)Nc3ccccc3)s2)CC1. The van der Waals surface area contributed by atoms with Crippen LogP contribution in [-0.4, -0.2) is 58.8 Å². The molecule has 1 aliphatic heterocycles. The molecule has 1 aromatic heterocycles. The van der Waals surface area contributed by atoms with Crippen LogP contribution in [0.2, 0.25) is 0 Å². The van der Waals surface area contributed by atoms with Gasteiger partial charge in [0.15, 0.2) is 4.34 Å². The van der Waals surface area contributed by atoms with Gasteiger partial charge in [-0.15, -0.1) is 10.2 Å². The van der Waals surface area contributed by atoms with Crippen molar-refractivity contribution in [3.8, 4) is 0 Å². The van der Waals surface area contributed by atoms with Gasteiger partial charge >= 0.3 is 0 Å². The first-order chi connectivity index (χ1) is 13.2. The predicted octanol–water partition coefficient (Wildman–Crippen LogP) is 2.72. The van der Waals surface area contributed by atoms with Crippen LogP contribution in [0.15, 0.2) is 34.7 Å². The molecule has 7 nitrogen and oxygen atoms in total. The topological polar surface area (TPSA) is 78.4 Å². The van der Waals surface area contributed by atoms with Crippen molar-refractivity contribution in [2.24, 2.45) is 0 Å². The van der Waals surface area contributed by atoms with Crippen LogP contribution in [0.25, 0.3) is 0 Å². The Morgan fingerprint density at radius 3 is 2.59 bits per heavy atom. The molecule has 1 saturated heterocycles. The number of aromatic nitrogens is 2. The minimum Gasteiger partial charge on any atom is -0.343 e. The fourth-order valence-corrected chi connectivity index (χ4v) is 4.45. The summed E-state index contributed by atoms with van der Waals surface area (Å²) in [4.78, 5) is 28.1. The molecule has 0 bridgehead atoms. The van der Waals surface area contributed by atoms with Gasteiger partial charge in [-0.2, -0.15) is 0 Å². The minimum absolute atomic E-state index is 0.0639. The van der Waals surface area contributed by atoms with E-state index in [9.17, 15) is 9.59 Å². The zero-order valence-electron chi connectivity index (χ0n) is 15.3. The summed E-state index contributed by atoms with van der Waals surface area (Å²) in [5.74, 6) is 0.462. The van der Waals surface area contributed by atoms with Crippen LogP contribution in [0.5, 0.6) is 0 Å². The van der Waals surface area contributed by atoms with Crippen molar-refractivity contribution in [2.75, 3.05) is 42.1 Å². The van der Waals surface area contributed by atoms with Crippen LogP contribution < -0.4 is 10.2 Å². The highest BCUT2D eigenvalue weighted by atomic mass is 32.2. The van der Waals surface area contributed by atoms with Gasteiger partial charge in [0.2, 0.25) is 16.9 Å². The highest BCUT2D eigenvalue weighted by Gasteiger charge is 2.23. The zero-order chi connectivity index (χ0) is 19.1. The first-order valence-corrected chi connectivity index (χ1v) is 10.8. The number of piperazine rings is 1. The third-order valence-corrected chi connectivity index (χ3v) is 6.26. The summed E-state index contributed by atoms with van der Waals surface area (Å²) in [6, 6.07) is 9.39. The lowest BCUT2D eigenvalue weighted by molar-refractivity contribution is -0.131. The third-order valence-electron chi connectivity index (χ3n) is 4.15. The lowest BCUT2D eigenvalue weighted by Gasteiger charge is -2.34. The first-order valence-electron chi connectivity index (χ1n) is 8.99. The fraction of sp³-hybridized carbons (Fsp3) is 0.444. The second-order valence-corrected chi connectivity index (χ2v) is 8.35. The van der Waals surface area contributed by atoms with Crippen LogP contribution in [0.4, 0.5) is 10.8 Å². The maximum Gasteiger partial charge on any atom is 0.234 e. The number of carbonyl (C=O) groups excluding carboxylic acids is 2. The number of nitrogens with one attached hydrogen (secondary N) is 1. The molecule has 1 fully saturated rings. The quantitative estimate of drug-likeness (QED) is 0.714. The average Bonchev–Trinajstić information content (AvgIpc) is 3.17. The Bertz CT molecular complexity index is 760. The van der Waals surface area contributed by atoms with Crippen molar-refractivity contribution >= 4 is 45.7 Å². The number of hydrogen-bond acceptors (Lipinski definition) is 7. The monoisotopic (exact) mass is 405 g/mol. The zero-order valence-corrected chi connectivity index (χ0v) is 16.9. The van der Waals surface area contributed by atoms with E-state index in [4.69, 9.17) is 0 Å². The number of carbonyl (C=O) groups is 2. The molecular formula is C18H23N5O2S2. The second kappa shape index (κ2) is 9.70. The van der Waals surface area contributed by atoms with Crippen LogP contribution in [0, 0.1) is 0 Å². The number of rotatable bonds is 7. The smallest absolute Gasteiger partial charge is 0.234 e. The van der Waals surface area contributed by atoms with Gasteiger partial charge in [-0.3, -0.25) is 9.59 Å². The number of benzene rings is 1. The van der Waals surface area contributed by atoms with E-state index in [0.29, 0.717) is 12.2 Å². The van der Waals surface area contributed by atoms with E-state index >= 15 is 0 Å². The third kappa shape index (κ3) is 5.67. The normalized spacial score (nSPS) is 14.3. The Labute approximate surface area is 167 Å². The molecule has 0 unspecified atom stereocenters. The summed E-state index contributed by atoms with van der Waals surface area (Å²) in [6.07, 6.45) is 1.50. The molecular weight excluding hydrogens is 382 g/mol. The van der Waals surface area contributed by atoms with E-state index in [0.717, 1.165) is 47.8 Å². The molecule has 1 aliphatic rings. The van der Waals surface area contributed by atoms with Gasteiger partial charge in [0.25, 0.3) is 0 Å². The molecule has 1 N–H and O–H groups in total. The van der Waals surface area contributed by atoms with E-state index in [-0.39, 0.29) is 11.8 Å². The maximum absolute atomic E-state index is 12.0. The van der Waals surface area contributed by atoms with Crippen molar-refractivity contribution in [1.82, 2.24) is 15.1 Å². The summed E-state index contributed by atoms with van der Waals surface area (Å²) in [7, 11) is 0. The number of amides is 2. The van der Waals surface area contributed by atoms with Crippen molar-refractivity contribution in [1.29, 1.82) is 0 Å². The van der Waals surface area contributed by atoms with Crippen LogP contribution in [-0.2, 0) is 9.59 Å². The summed E-state index contributed by atoms with van der Waals surface area (Å²) in [5, 5.41) is 12.1. The maximum atomic E-state index is 12.0. The molecule has 1 aromatic carbocycles. The van der Waals surface area contributed by atoms with Gasteiger partial charge in [0, 0.05) is 38.3 Å². The van der Waals surface area contributed by atoms with Crippen molar-refractivity contribution in [3.63, 3.8) is 0 Å². The summed E-state index contributed by atoms with van der Waals surface area (Å²) in [6.45, 7) is 5.00. The van der Waals surface area contributed by atoms with Crippen LogP contribution in [0.1, 0.15) is 19.8 Å². The van der Waals surface area contributed by atoms with Gasteiger partial charge in [0.1, 0.15) is 0 Å². The molecule has 2 heterocycles. The molecule has 0 radical (unpaired) electrons. The van der Waals surface area contributed by atoms with Gasteiger partial charge in [0.05, 0.1) is 5.75 Å². The van der Waals surface area contributed by atoms with Crippen molar-refractivity contribution in [2.45, 2.75) is 24.1 Å². The van der Waals surface area contributed by atoms with Crippen LogP contribution >= 0.6 is 23.1 Å². The average molecular weight is 406 g/mol. The molecule has 2 amide bonds. The molecule has 0 aliphatic carbocycles. The van der Waals surface area contributed by atoms with Crippen molar-refractivity contribution in [3.05, 3.63) is 30.3 Å². The van der Waals surface area contributed by atoms with E-state index in [1.807, 2.05) is 42.2 Å². The summed E-state index contributed by atoms with van der Waals surface area (Å²) < 4.78 is 0.776. The minimum atomic E-state index is -0.0639. The van der Waals surface area contributed by atoms with Crippen molar-refractivity contribution < 1.29 is 9.59 Å². The van der Waals surface area contributed by atoms with E-state index in [2.05, 4.69) is 20.4 Å². The van der Waals surface area contributed by atoms with E-state index in [1.165, 1.54) is 23.1 Å². The Kier molecular flexibility index (Phi) is 7.05. The second-order valence-electron chi connectivity index (χ2n) is 6.17. The Morgan fingerprint density at radius 1 is 1.15 bits per heavy atom. The van der Waals surface area contributed by atoms with E-state index < -0.39 is 0 Å². The summed E-state index contributed by atoms with van der Waals surface area (Å²) in [5.41, 5.74) is 0.788.